The average Bonchev–Trinajstić information content (AvgIpc) is 3.38. The van der Waals surface area contributed by atoms with E-state index in [2.05, 4.69) is 25.4 Å². The number of nitrogens with one attached hydrogen (secondary N) is 1. The molecule has 3 heterocycles. The zero-order valence-electron chi connectivity index (χ0n) is 17.6. The molecule has 10 nitrogen and oxygen atoms in total. The molecule has 0 aliphatic rings. The van der Waals surface area contributed by atoms with Crippen molar-refractivity contribution in [3.8, 4) is 17.3 Å². The molecule has 0 aliphatic heterocycles. The lowest BCUT2D eigenvalue weighted by Crippen LogP contribution is -2.22. The number of esters is 1. The highest BCUT2D eigenvalue weighted by Crippen LogP contribution is 2.33. The van der Waals surface area contributed by atoms with Crippen molar-refractivity contribution in [2.24, 2.45) is 0 Å². The normalized spacial score (nSPS) is 11.1. The second-order valence-corrected chi connectivity index (χ2v) is 6.84. The Labute approximate surface area is 195 Å². The summed E-state index contributed by atoms with van der Waals surface area (Å²) in [7, 11) is 0. The Morgan fingerprint density at radius 1 is 1.06 bits per heavy atom. The first kappa shape index (κ1) is 23.4. The zero-order valence-corrected chi connectivity index (χ0v) is 17.6. The molecule has 0 fully saturated rings. The van der Waals surface area contributed by atoms with Crippen molar-refractivity contribution in [3.05, 3.63) is 84.8 Å². The fraction of sp³-hybridized carbons (Fsp3) is 0.0909. The predicted molar refractivity (Wildman–Crippen MR) is 114 cm³/mol. The van der Waals surface area contributed by atoms with E-state index in [1.807, 2.05) is 0 Å². The van der Waals surface area contributed by atoms with Crippen LogP contribution >= 0.6 is 0 Å². The monoisotopic (exact) mass is 484 g/mol. The zero-order chi connectivity index (χ0) is 24.8. The van der Waals surface area contributed by atoms with Gasteiger partial charge < -0.3 is 14.8 Å². The summed E-state index contributed by atoms with van der Waals surface area (Å²) in [6, 6.07) is 8.82. The van der Waals surface area contributed by atoms with E-state index in [1.165, 1.54) is 48.1 Å². The number of amides is 1. The van der Waals surface area contributed by atoms with Crippen LogP contribution in [0.5, 0.6) is 11.6 Å². The van der Waals surface area contributed by atoms with Crippen molar-refractivity contribution >= 4 is 17.6 Å². The van der Waals surface area contributed by atoms with Crippen molar-refractivity contribution in [1.29, 1.82) is 0 Å². The molecular weight excluding hydrogens is 469 g/mol. The smallest absolute Gasteiger partial charge is 0.416 e. The number of aromatic nitrogens is 5. The third kappa shape index (κ3) is 5.76. The van der Waals surface area contributed by atoms with E-state index in [0.717, 1.165) is 18.2 Å². The summed E-state index contributed by atoms with van der Waals surface area (Å²) in [6.07, 6.45) is 2.15. The number of ether oxygens (including phenoxy) is 2. The number of carbonyl (C=O) groups excluding carboxylic acids is 2. The topological polar surface area (TPSA) is 121 Å². The number of rotatable bonds is 7. The Bertz CT molecular complexity index is 1330. The molecule has 0 saturated carbocycles. The highest BCUT2D eigenvalue weighted by molar-refractivity contribution is 5.97. The molecule has 3 aromatic heterocycles. The highest BCUT2D eigenvalue weighted by atomic mass is 19.4. The third-order valence-corrected chi connectivity index (χ3v) is 4.44. The van der Waals surface area contributed by atoms with E-state index >= 15 is 0 Å². The molecule has 13 heteroatoms. The molecule has 0 saturated heterocycles. The maximum Gasteiger partial charge on any atom is 0.416 e. The summed E-state index contributed by atoms with van der Waals surface area (Å²) in [5, 5.41) is 6.18. The van der Waals surface area contributed by atoms with E-state index in [4.69, 9.17) is 9.47 Å². The summed E-state index contributed by atoms with van der Waals surface area (Å²) < 4.78 is 51.3. The van der Waals surface area contributed by atoms with Crippen LogP contribution in [0, 0.1) is 0 Å². The first-order valence-electron chi connectivity index (χ1n) is 9.87. The fourth-order valence-electron chi connectivity index (χ4n) is 2.89. The van der Waals surface area contributed by atoms with E-state index in [1.54, 1.807) is 12.1 Å². The van der Waals surface area contributed by atoms with Crippen molar-refractivity contribution < 1.29 is 32.2 Å². The lowest BCUT2D eigenvalue weighted by molar-refractivity contribution is -0.137. The predicted octanol–water partition coefficient (Wildman–Crippen LogP) is 3.66. The minimum absolute atomic E-state index is 0.0634. The highest BCUT2D eigenvalue weighted by Gasteiger charge is 2.31. The number of anilines is 1. The van der Waals surface area contributed by atoms with Gasteiger partial charge in [-0.15, -0.1) is 0 Å². The number of nitrogens with zero attached hydrogens (tertiary/aromatic N) is 5. The molecular formula is C22H15F3N6O4. The second-order valence-electron chi connectivity index (χ2n) is 6.84. The van der Waals surface area contributed by atoms with Gasteiger partial charge in [-0.3, -0.25) is 9.78 Å². The first-order chi connectivity index (χ1) is 16.8. The van der Waals surface area contributed by atoms with E-state index < -0.39 is 30.2 Å². The van der Waals surface area contributed by atoms with Crippen LogP contribution in [0.3, 0.4) is 0 Å². The number of benzene rings is 1. The van der Waals surface area contributed by atoms with Gasteiger partial charge in [-0.05, 0) is 42.5 Å². The molecule has 178 valence electrons. The SMILES string of the molecule is O=C(COC(=O)c1cccnc1Oc1cccnc1)Nc1cc(C(F)(F)F)ccc1-n1cncn1. The number of pyridine rings is 2. The number of halogens is 3. The maximum atomic E-state index is 13.2. The largest absolute Gasteiger partial charge is 0.452 e. The number of carbonyl (C=O) groups is 2. The molecule has 35 heavy (non-hydrogen) atoms. The van der Waals surface area contributed by atoms with Crippen LogP contribution in [-0.4, -0.2) is 43.2 Å². The van der Waals surface area contributed by atoms with Crippen LogP contribution in [0.15, 0.2) is 73.7 Å². The van der Waals surface area contributed by atoms with E-state index in [-0.39, 0.29) is 22.8 Å². The summed E-state index contributed by atoms with van der Waals surface area (Å²) >= 11 is 0. The summed E-state index contributed by atoms with van der Waals surface area (Å²) in [5.41, 5.74) is -1.12. The van der Waals surface area contributed by atoms with E-state index in [0.29, 0.717) is 5.75 Å². The Kier molecular flexibility index (Phi) is 6.66. The standard InChI is InChI=1S/C22H15F3N6O4/c23-22(24,25)14-5-6-18(31-13-27-12-29-31)17(9-14)30-19(32)11-34-21(33)16-4-2-8-28-20(16)35-15-3-1-7-26-10-15/h1-10,12-13H,11H2,(H,30,32). The Hall–Kier alpha value is -4.81. The molecule has 0 aliphatic carbocycles. The third-order valence-electron chi connectivity index (χ3n) is 4.44. The fourth-order valence-corrected chi connectivity index (χ4v) is 2.89. The first-order valence-corrected chi connectivity index (χ1v) is 9.87. The van der Waals surface area contributed by atoms with Gasteiger partial charge >= 0.3 is 12.1 Å². The van der Waals surface area contributed by atoms with Gasteiger partial charge in [0, 0.05) is 12.4 Å². The molecule has 0 atom stereocenters. The molecule has 1 N–H and O–H groups in total. The van der Waals surface area contributed by atoms with Crippen LogP contribution in [0.1, 0.15) is 15.9 Å². The van der Waals surface area contributed by atoms with Crippen molar-refractivity contribution in [3.63, 3.8) is 0 Å². The van der Waals surface area contributed by atoms with Gasteiger partial charge in [0.1, 0.15) is 24.0 Å². The Morgan fingerprint density at radius 3 is 2.60 bits per heavy atom. The minimum atomic E-state index is -4.64. The lowest BCUT2D eigenvalue weighted by Gasteiger charge is -2.14. The van der Waals surface area contributed by atoms with Crippen molar-refractivity contribution in [1.82, 2.24) is 24.7 Å². The van der Waals surface area contributed by atoms with E-state index in [9.17, 15) is 22.8 Å². The van der Waals surface area contributed by atoms with Gasteiger partial charge in [-0.2, -0.15) is 18.3 Å². The van der Waals surface area contributed by atoms with Gasteiger partial charge in [-0.25, -0.2) is 19.4 Å². The molecule has 1 amide bonds. The molecule has 0 radical (unpaired) electrons. The molecule has 1 aromatic carbocycles. The summed E-state index contributed by atoms with van der Waals surface area (Å²) in [5.74, 6) is -1.55. The second kappa shape index (κ2) is 9.99. The Balaban J connectivity index is 1.47. The quantitative estimate of drug-likeness (QED) is 0.395. The van der Waals surface area contributed by atoms with Crippen LogP contribution in [0.4, 0.5) is 18.9 Å². The molecule has 0 spiro atoms. The number of alkyl halides is 3. The Morgan fingerprint density at radius 2 is 1.89 bits per heavy atom. The molecule has 0 bridgehead atoms. The van der Waals surface area contributed by atoms with Crippen LogP contribution in [-0.2, 0) is 15.7 Å². The van der Waals surface area contributed by atoms with Crippen LogP contribution < -0.4 is 10.1 Å². The summed E-state index contributed by atoms with van der Waals surface area (Å²) in [4.78, 5) is 36.6. The maximum absolute atomic E-state index is 13.2. The molecule has 4 aromatic rings. The van der Waals surface area contributed by atoms with Gasteiger partial charge in [0.25, 0.3) is 5.91 Å². The molecule has 0 unspecified atom stereocenters. The van der Waals surface area contributed by atoms with Gasteiger partial charge in [0.2, 0.25) is 5.88 Å². The lowest BCUT2D eigenvalue weighted by atomic mass is 10.1. The average molecular weight is 484 g/mol. The van der Waals surface area contributed by atoms with Crippen molar-refractivity contribution in [2.45, 2.75) is 6.18 Å². The van der Waals surface area contributed by atoms with Gasteiger partial charge in [0.05, 0.1) is 23.1 Å². The van der Waals surface area contributed by atoms with Crippen LogP contribution in [0.25, 0.3) is 5.69 Å². The minimum Gasteiger partial charge on any atom is -0.452 e. The van der Waals surface area contributed by atoms with Gasteiger partial charge in [-0.1, -0.05) is 0 Å². The number of hydrogen-bond donors (Lipinski definition) is 1. The van der Waals surface area contributed by atoms with Crippen LogP contribution in [0.2, 0.25) is 0 Å². The number of hydrogen-bond acceptors (Lipinski definition) is 8. The summed E-state index contributed by atoms with van der Waals surface area (Å²) in [6.45, 7) is -0.785. The molecule has 4 rings (SSSR count). The van der Waals surface area contributed by atoms with Gasteiger partial charge in [0.15, 0.2) is 6.61 Å². The van der Waals surface area contributed by atoms with Crippen molar-refractivity contribution in [2.75, 3.05) is 11.9 Å².